The summed E-state index contributed by atoms with van der Waals surface area (Å²) >= 11 is 0. The quantitative estimate of drug-likeness (QED) is 0.338. The second kappa shape index (κ2) is 8.83. The normalized spacial score (nSPS) is 9.53. The summed E-state index contributed by atoms with van der Waals surface area (Å²) in [7, 11) is 0. The lowest BCUT2D eigenvalue weighted by Gasteiger charge is -2.07. The zero-order valence-electron chi connectivity index (χ0n) is 11.0. The second-order valence-corrected chi connectivity index (χ2v) is 3.94. The first kappa shape index (κ1) is 14.9. The van der Waals surface area contributed by atoms with Crippen LogP contribution in [0.15, 0.2) is 29.4 Å². The van der Waals surface area contributed by atoms with Crippen molar-refractivity contribution in [2.24, 2.45) is 5.11 Å². The van der Waals surface area contributed by atoms with E-state index < -0.39 is 0 Å². The molecule has 0 atom stereocenters. The largest absolute Gasteiger partial charge is 0.494 e. The van der Waals surface area contributed by atoms with Gasteiger partial charge in [-0.3, -0.25) is 4.79 Å². The van der Waals surface area contributed by atoms with Crippen molar-refractivity contribution in [3.63, 3.8) is 0 Å². The molecule has 1 amide bonds. The summed E-state index contributed by atoms with van der Waals surface area (Å²) in [5.74, 6) is 0.576. The molecule has 102 valence electrons. The highest BCUT2D eigenvalue weighted by Gasteiger charge is 2.04. The van der Waals surface area contributed by atoms with Gasteiger partial charge in [0.25, 0.3) is 5.91 Å². The fraction of sp³-hybridized carbons (Fsp3) is 0.462. The van der Waals surface area contributed by atoms with Gasteiger partial charge in [-0.15, -0.1) is 0 Å². The maximum atomic E-state index is 11.7. The second-order valence-electron chi connectivity index (χ2n) is 3.94. The fourth-order valence-electron chi connectivity index (χ4n) is 1.40. The number of nitrogens with zero attached hydrogens (tertiary/aromatic N) is 3. The van der Waals surface area contributed by atoms with Gasteiger partial charge >= 0.3 is 0 Å². The van der Waals surface area contributed by atoms with E-state index in [1.165, 1.54) is 0 Å². The van der Waals surface area contributed by atoms with Crippen LogP contribution in [0.4, 0.5) is 0 Å². The lowest BCUT2D eigenvalue weighted by molar-refractivity contribution is 0.0955. The van der Waals surface area contributed by atoms with Crippen LogP contribution < -0.4 is 10.1 Å². The van der Waals surface area contributed by atoms with E-state index in [9.17, 15) is 4.79 Å². The number of ether oxygens (including phenoxy) is 1. The number of carbonyl (C=O) groups excluding carboxylic acids is 1. The van der Waals surface area contributed by atoms with Crippen molar-refractivity contribution in [2.75, 3.05) is 19.7 Å². The lowest BCUT2D eigenvalue weighted by atomic mass is 10.2. The smallest absolute Gasteiger partial charge is 0.251 e. The summed E-state index contributed by atoms with van der Waals surface area (Å²) in [6.07, 6.45) is 2.10. The van der Waals surface area contributed by atoms with E-state index in [-0.39, 0.29) is 12.5 Å². The summed E-state index contributed by atoms with van der Waals surface area (Å²) in [4.78, 5) is 14.3. The van der Waals surface area contributed by atoms with Gasteiger partial charge in [0, 0.05) is 23.6 Å². The van der Waals surface area contributed by atoms with Crippen molar-refractivity contribution in [1.82, 2.24) is 5.32 Å². The summed E-state index contributed by atoms with van der Waals surface area (Å²) in [5, 5.41) is 6.00. The SMILES string of the molecule is CCCCOc1ccc(C(=O)NCCN=[N+]=[N-])cc1. The van der Waals surface area contributed by atoms with Gasteiger partial charge in [-0.05, 0) is 36.2 Å². The van der Waals surface area contributed by atoms with Gasteiger partial charge in [0.15, 0.2) is 0 Å². The first-order valence-corrected chi connectivity index (χ1v) is 6.30. The zero-order valence-corrected chi connectivity index (χ0v) is 11.0. The third-order valence-electron chi connectivity index (χ3n) is 2.44. The minimum atomic E-state index is -0.187. The molecule has 0 aliphatic heterocycles. The van der Waals surface area contributed by atoms with Gasteiger partial charge in [-0.25, -0.2) is 0 Å². The van der Waals surface area contributed by atoms with Crippen LogP contribution in [-0.4, -0.2) is 25.6 Å². The molecule has 0 aromatic heterocycles. The number of hydrogen-bond donors (Lipinski definition) is 1. The number of azide groups is 1. The highest BCUT2D eigenvalue weighted by Crippen LogP contribution is 2.12. The molecular weight excluding hydrogens is 244 g/mol. The summed E-state index contributed by atoms with van der Waals surface area (Å²) in [5.41, 5.74) is 8.66. The van der Waals surface area contributed by atoms with Gasteiger partial charge in [-0.1, -0.05) is 18.5 Å². The predicted octanol–water partition coefficient (Wildman–Crippen LogP) is 2.91. The molecule has 6 nitrogen and oxygen atoms in total. The Morgan fingerprint density at radius 2 is 2.16 bits per heavy atom. The third kappa shape index (κ3) is 5.79. The van der Waals surface area contributed by atoms with E-state index in [0.29, 0.717) is 18.7 Å². The molecule has 0 fully saturated rings. The molecule has 0 bridgehead atoms. The van der Waals surface area contributed by atoms with Crippen molar-refractivity contribution in [2.45, 2.75) is 19.8 Å². The predicted molar refractivity (Wildman–Crippen MR) is 73.2 cm³/mol. The Hall–Kier alpha value is -2.20. The molecule has 1 N–H and O–H groups in total. The summed E-state index contributed by atoms with van der Waals surface area (Å²) < 4.78 is 5.51. The van der Waals surface area contributed by atoms with Crippen molar-refractivity contribution < 1.29 is 9.53 Å². The standard InChI is InChI=1S/C13H18N4O2/c1-2-3-10-19-12-6-4-11(5-7-12)13(18)15-8-9-16-17-14/h4-7H,2-3,8-10H2,1H3,(H,15,18). The van der Waals surface area contributed by atoms with Crippen LogP contribution in [0.2, 0.25) is 0 Å². The minimum absolute atomic E-state index is 0.187. The molecule has 19 heavy (non-hydrogen) atoms. The Balaban J connectivity index is 2.41. The first-order chi connectivity index (χ1) is 9.27. The van der Waals surface area contributed by atoms with Crippen molar-refractivity contribution in [3.8, 4) is 5.75 Å². The van der Waals surface area contributed by atoms with E-state index in [2.05, 4.69) is 22.3 Å². The van der Waals surface area contributed by atoms with E-state index >= 15 is 0 Å². The average Bonchev–Trinajstić information content (AvgIpc) is 2.44. The van der Waals surface area contributed by atoms with Gasteiger partial charge < -0.3 is 10.1 Å². The third-order valence-corrected chi connectivity index (χ3v) is 2.44. The van der Waals surface area contributed by atoms with Crippen LogP contribution >= 0.6 is 0 Å². The maximum absolute atomic E-state index is 11.7. The Morgan fingerprint density at radius 3 is 2.79 bits per heavy atom. The summed E-state index contributed by atoms with van der Waals surface area (Å²) in [6, 6.07) is 6.98. The van der Waals surface area contributed by atoms with Crippen LogP contribution in [-0.2, 0) is 0 Å². The molecule has 0 unspecified atom stereocenters. The molecule has 6 heteroatoms. The van der Waals surface area contributed by atoms with Gasteiger partial charge in [0.2, 0.25) is 0 Å². The molecular formula is C13H18N4O2. The molecule has 1 rings (SSSR count). The highest BCUT2D eigenvalue weighted by atomic mass is 16.5. The molecule has 1 aromatic rings. The van der Waals surface area contributed by atoms with Gasteiger partial charge in [-0.2, -0.15) is 0 Å². The Labute approximate surface area is 112 Å². The van der Waals surface area contributed by atoms with E-state index in [1.54, 1.807) is 24.3 Å². The lowest BCUT2D eigenvalue weighted by Crippen LogP contribution is -2.25. The number of carbonyl (C=O) groups is 1. The van der Waals surface area contributed by atoms with E-state index in [4.69, 9.17) is 10.3 Å². The van der Waals surface area contributed by atoms with Crippen LogP contribution in [0.1, 0.15) is 30.1 Å². The molecule has 1 aromatic carbocycles. The highest BCUT2D eigenvalue weighted by molar-refractivity contribution is 5.94. The molecule has 0 heterocycles. The van der Waals surface area contributed by atoms with Crippen molar-refractivity contribution in [1.29, 1.82) is 0 Å². The average molecular weight is 262 g/mol. The Morgan fingerprint density at radius 1 is 1.42 bits per heavy atom. The minimum Gasteiger partial charge on any atom is -0.494 e. The number of unbranched alkanes of at least 4 members (excludes halogenated alkanes) is 1. The molecule has 0 saturated carbocycles. The molecule has 0 aliphatic carbocycles. The van der Waals surface area contributed by atoms with E-state index in [0.717, 1.165) is 18.6 Å². The van der Waals surface area contributed by atoms with Gasteiger partial charge in [0.1, 0.15) is 5.75 Å². The monoisotopic (exact) mass is 262 g/mol. The molecule has 0 aliphatic rings. The van der Waals surface area contributed by atoms with Crippen LogP contribution in [0.25, 0.3) is 10.4 Å². The maximum Gasteiger partial charge on any atom is 0.251 e. The Kier molecular flexibility index (Phi) is 6.90. The van der Waals surface area contributed by atoms with Crippen LogP contribution in [0.5, 0.6) is 5.75 Å². The molecule has 0 saturated heterocycles. The fourth-order valence-corrected chi connectivity index (χ4v) is 1.40. The summed E-state index contributed by atoms with van der Waals surface area (Å²) in [6.45, 7) is 3.37. The number of amides is 1. The van der Waals surface area contributed by atoms with Crippen molar-refractivity contribution >= 4 is 5.91 Å². The van der Waals surface area contributed by atoms with Crippen molar-refractivity contribution in [3.05, 3.63) is 40.3 Å². The van der Waals surface area contributed by atoms with Gasteiger partial charge in [0.05, 0.1) is 6.61 Å². The Bertz CT molecular complexity index is 438. The van der Waals surface area contributed by atoms with Crippen LogP contribution in [0.3, 0.4) is 0 Å². The van der Waals surface area contributed by atoms with Crippen LogP contribution in [0, 0.1) is 0 Å². The number of hydrogen-bond acceptors (Lipinski definition) is 3. The topological polar surface area (TPSA) is 87.1 Å². The number of benzene rings is 1. The number of rotatable bonds is 8. The van der Waals surface area contributed by atoms with E-state index in [1.807, 2.05) is 0 Å². The zero-order chi connectivity index (χ0) is 13.9. The molecule has 0 radical (unpaired) electrons. The number of nitrogens with one attached hydrogen (secondary N) is 1. The first-order valence-electron chi connectivity index (χ1n) is 6.30. The molecule has 0 spiro atoms.